The van der Waals surface area contributed by atoms with E-state index in [1.807, 2.05) is 0 Å². The standard InChI is InChI=1S/C12H16N2O4/c1-13(2)10(16)6-14-11(17)8-4-3-7(15)5-9(8)12(14)18/h8-9H,3-6H2,1-2H3/t8-,9-/m0/s1. The summed E-state index contributed by atoms with van der Waals surface area (Å²) in [6.07, 6.45) is 0.929. The fourth-order valence-electron chi connectivity index (χ4n) is 2.50. The van der Waals surface area contributed by atoms with E-state index in [9.17, 15) is 19.2 Å². The molecule has 3 amide bonds. The van der Waals surface area contributed by atoms with Gasteiger partial charge in [0.05, 0.1) is 11.8 Å². The molecular formula is C12H16N2O4. The van der Waals surface area contributed by atoms with E-state index >= 15 is 0 Å². The summed E-state index contributed by atoms with van der Waals surface area (Å²) >= 11 is 0. The third kappa shape index (κ3) is 2.02. The molecule has 2 aliphatic rings. The Bertz CT molecular complexity index is 430. The molecule has 0 bridgehead atoms. The quantitative estimate of drug-likeness (QED) is 0.617. The maximum Gasteiger partial charge on any atom is 0.242 e. The second-order valence-electron chi connectivity index (χ2n) is 5.05. The van der Waals surface area contributed by atoms with Crippen molar-refractivity contribution in [2.45, 2.75) is 19.3 Å². The maximum absolute atomic E-state index is 12.0. The molecule has 1 aliphatic carbocycles. The molecule has 2 fully saturated rings. The van der Waals surface area contributed by atoms with Gasteiger partial charge in [-0.25, -0.2) is 0 Å². The molecule has 0 aromatic heterocycles. The highest BCUT2D eigenvalue weighted by Gasteiger charge is 2.50. The molecule has 2 atom stereocenters. The fraction of sp³-hybridized carbons (Fsp3) is 0.667. The van der Waals surface area contributed by atoms with Gasteiger partial charge in [-0.2, -0.15) is 0 Å². The van der Waals surface area contributed by atoms with Gasteiger partial charge in [0.15, 0.2) is 0 Å². The molecule has 18 heavy (non-hydrogen) atoms. The molecule has 1 aliphatic heterocycles. The molecule has 0 radical (unpaired) electrons. The monoisotopic (exact) mass is 252 g/mol. The molecule has 0 unspecified atom stereocenters. The lowest BCUT2D eigenvalue weighted by Crippen LogP contribution is -2.40. The molecule has 0 spiro atoms. The van der Waals surface area contributed by atoms with Crippen LogP contribution in [0.1, 0.15) is 19.3 Å². The number of imide groups is 1. The van der Waals surface area contributed by atoms with E-state index in [4.69, 9.17) is 0 Å². The van der Waals surface area contributed by atoms with Crippen LogP contribution in [0.4, 0.5) is 0 Å². The van der Waals surface area contributed by atoms with Gasteiger partial charge in [0, 0.05) is 26.9 Å². The van der Waals surface area contributed by atoms with E-state index in [-0.39, 0.29) is 36.5 Å². The third-order valence-electron chi connectivity index (χ3n) is 3.63. The Morgan fingerprint density at radius 3 is 2.44 bits per heavy atom. The Hall–Kier alpha value is -1.72. The number of rotatable bonds is 2. The number of hydrogen-bond donors (Lipinski definition) is 0. The Kier molecular flexibility index (Phi) is 3.19. The van der Waals surface area contributed by atoms with Crippen LogP contribution in [0.2, 0.25) is 0 Å². The van der Waals surface area contributed by atoms with Crippen LogP contribution < -0.4 is 0 Å². The molecule has 0 N–H and O–H groups in total. The summed E-state index contributed by atoms with van der Waals surface area (Å²) in [5.41, 5.74) is 0. The summed E-state index contributed by atoms with van der Waals surface area (Å²) in [7, 11) is 3.15. The lowest BCUT2D eigenvalue weighted by Gasteiger charge is -2.18. The van der Waals surface area contributed by atoms with Crippen molar-refractivity contribution in [3.8, 4) is 0 Å². The third-order valence-corrected chi connectivity index (χ3v) is 3.63. The van der Waals surface area contributed by atoms with Crippen LogP contribution in [-0.2, 0) is 19.2 Å². The van der Waals surface area contributed by atoms with Crippen molar-refractivity contribution in [3.63, 3.8) is 0 Å². The van der Waals surface area contributed by atoms with E-state index in [1.165, 1.54) is 4.90 Å². The second kappa shape index (κ2) is 4.51. The average Bonchev–Trinajstić information content (AvgIpc) is 2.54. The Morgan fingerprint density at radius 2 is 1.83 bits per heavy atom. The van der Waals surface area contributed by atoms with Crippen LogP contribution in [-0.4, -0.2) is 53.9 Å². The summed E-state index contributed by atoms with van der Waals surface area (Å²) in [5, 5.41) is 0. The molecular weight excluding hydrogens is 236 g/mol. The Labute approximate surface area is 105 Å². The zero-order chi connectivity index (χ0) is 13.4. The van der Waals surface area contributed by atoms with Gasteiger partial charge in [0.2, 0.25) is 17.7 Å². The zero-order valence-corrected chi connectivity index (χ0v) is 10.5. The highest BCUT2D eigenvalue weighted by Crippen LogP contribution is 2.36. The summed E-state index contributed by atoms with van der Waals surface area (Å²) in [4.78, 5) is 49.3. The molecule has 1 saturated carbocycles. The number of Topliss-reactive ketones (excluding diaryl/α,β-unsaturated/α-hetero) is 1. The first-order chi connectivity index (χ1) is 8.41. The van der Waals surface area contributed by atoms with Crippen molar-refractivity contribution in [3.05, 3.63) is 0 Å². The molecule has 2 rings (SSSR count). The number of likely N-dealkylation sites (tertiary alicyclic amines) is 1. The number of nitrogens with zero attached hydrogens (tertiary/aromatic N) is 2. The van der Waals surface area contributed by atoms with Gasteiger partial charge >= 0.3 is 0 Å². The normalized spacial score (nSPS) is 27.4. The van der Waals surface area contributed by atoms with E-state index in [0.717, 1.165) is 4.90 Å². The first-order valence-corrected chi connectivity index (χ1v) is 5.99. The lowest BCUT2D eigenvalue weighted by atomic mass is 9.80. The molecule has 6 heteroatoms. The van der Waals surface area contributed by atoms with Crippen LogP contribution in [0, 0.1) is 11.8 Å². The van der Waals surface area contributed by atoms with Crippen LogP contribution in [0.3, 0.4) is 0 Å². The fourth-order valence-corrected chi connectivity index (χ4v) is 2.50. The van der Waals surface area contributed by atoms with Gasteiger partial charge in [0.25, 0.3) is 0 Å². The molecule has 0 aromatic rings. The molecule has 98 valence electrons. The maximum atomic E-state index is 12.0. The predicted molar refractivity (Wildman–Crippen MR) is 61.3 cm³/mol. The second-order valence-corrected chi connectivity index (χ2v) is 5.05. The minimum atomic E-state index is -0.534. The SMILES string of the molecule is CN(C)C(=O)CN1C(=O)[C@H]2CCC(=O)C[C@@H]2C1=O. The summed E-state index contributed by atoms with van der Waals surface area (Å²) in [5.74, 6) is -1.86. The predicted octanol–water partition coefficient (Wildman–Crippen LogP) is -0.571. The minimum absolute atomic E-state index is 0.0261. The molecule has 1 heterocycles. The first kappa shape index (κ1) is 12.7. The van der Waals surface area contributed by atoms with Crippen molar-refractivity contribution in [1.82, 2.24) is 9.80 Å². The highest BCUT2D eigenvalue weighted by atomic mass is 16.2. The Morgan fingerprint density at radius 1 is 1.22 bits per heavy atom. The van der Waals surface area contributed by atoms with Gasteiger partial charge < -0.3 is 4.90 Å². The van der Waals surface area contributed by atoms with Gasteiger partial charge in [0.1, 0.15) is 12.3 Å². The van der Waals surface area contributed by atoms with Crippen molar-refractivity contribution in [2.75, 3.05) is 20.6 Å². The van der Waals surface area contributed by atoms with Gasteiger partial charge in [-0.15, -0.1) is 0 Å². The number of carbonyl (C=O) groups is 4. The van der Waals surface area contributed by atoms with E-state index in [2.05, 4.69) is 0 Å². The highest BCUT2D eigenvalue weighted by molar-refractivity contribution is 6.09. The van der Waals surface area contributed by atoms with E-state index in [1.54, 1.807) is 14.1 Å². The minimum Gasteiger partial charge on any atom is -0.347 e. The van der Waals surface area contributed by atoms with Crippen molar-refractivity contribution in [2.24, 2.45) is 11.8 Å². The topological polar surface area (TPSA) is 74.8 Å². The largest absolute Gasteiger partial charge is 0.347 e. The molecule has 1 saturated heterocycles. The number of hydrogen-bond acceptors (Lipinski definition) is 4. The lowest BCUT2D eigenvalue weighted by molar-refractivity contribution is -0.145. The van der Waals surface area contributed by atoms with Crippen LogP contribution in [0.5, 0.6) is 0 Å². The summed E-state index contributed by atoms with van der Waals surface area (Å²) < 4.78 is 0. The average molecular weight is 252 g/mol. The van der Waals surface area contributed by atoms with Crippen molar-refractivity contribution < 1.29 is 19.2 Å². The first-order valence-electron chi connectivity index (χ1n) is 5.99. The van der Waals surface area contributed by atoms with E-state index in [0.29, 0.717) is 12.8 Å². The van der Waals surface area contributed by atoms with Gasteiger partial charge in [-0.05, 0) is 6.42 Å². The van der Waals surface area contributed by atoms with Gasteiger partial charge in [-0.1, -0.05) is 0 Å². The number of likely N-dealkylation sites (N-methyl/N-ethyl adjacent to an activating group) is 1. The number of ketones is 1. The summed E-state index contributed by atoms with van der Waals surface area (Å²) in [6, 6.07) is 0. The van der Waals surface area contributed by atoms with Crippen LogP contribution >= 0.6 is 0 Å². The summed E-state index contributed by atoms with van der Waals surface area (Å²) in [6.45, 7) is -0.216. The number of fused-ring (bicyclic) bond motifs is 1. The number of amides is 3. The van der Waals surface area contributed by atoms with E-state index < -0.39 is 11.8 Å². The molecule has 6 nitrogen and oxygen atoms in total. The van der Waals surface area contributed by atoms with Crippen LogP contribution in [0.15, 0.2) is 0 Å². The van der Waals surface area contributed by atoms with Crippen molar-refractivity contribution in [1.29, 1.82) is 0 Å². The zero-order valence-electron chi connectivity index (χ0n) is 10.5. The Balaban J connectivity index is 2.14. The van der Waals surface area contributed by atoms with Crippen LogP contribution in [0.25, 0.3) is 0 Å². The van der Waals surface area contributed by atoms with Gasteiger partial charge in [-0.3, -0.25) is 24.1 Å². The molecule has 0 aromatic carbocycles. The smallest absolute Gasteiger partial charge is 0.242 e. The number of carbonyl (C=O) groups excluding carboxylic acids is 4. The van der Waals surface area contributed by atoms with Crippen molar-refractivity contribution >= 4 is 23.5 Å².